The van der Waals surface area contributed by atoms with Gasteiger partial charge in [0.25, 0.3) is 5.91 Å². The van der Waals surface area contributed by atoms with Gasteiger partial charge in [-0.25, -0.2) is 14.4 Å². The van der Waals surface area contributed by atoms with Gasteiger partial charge in [-0.3, -0.25) is 43.8 Å². The van der Waals surface area contributed by atoms with Crippen LogP contribution in [0.5, 0.6) is 5.75 Å². The molecule has 6 rings (SSSR count). The van der Waals surface area contributed by atoms with Gasteiger partial charge in [-0.05, 0) is 94.2 Å². The zero-order valence-corrected chi connectivity index (χ0v) is 55.5. The number of imide groups is 1. The van der Waals surface area contributed by atoms with Crippen molar-refractivity contribution in [1.82, 2.24) is 25.8 Å². The van der Waals surface area contributed by atoms with E-state index in [0.29, 0.717) is 37.3 Å². The van der Waals surface area contributed by atoms with Crippen molar-refractivity contribution in [3.05, 3.63) is 81.4 Å². The number of amides is 8. The SMILES string of the molecule is COc1cc2cc(c1Cl)N(C)C(=O)C[C@H](OC(=O)[C@H](C)N(C)C(=O)c1ccc(CC(=O)[C@H](CCCNC(N)=O)NC(=O)[C@@H](CC(=O)CCCCCN3C(=O)CC(C)C3=O)C(C)C)cc1C(F)(F)F)[C@]1(C)O[C@H]1[C@H](C)[C@@H]1C[C@@](O)(NC(=O)O1)[C@H](OC)/C=C/C=C(\C)C2.S. The lowest BCUT2D eigenvalue weighted by atomic mass is 9.83. The molecule has 2 aromatic carbocycles. The monoisotopic (exact) mass is 1330 g/mol. The van der Waals surface area contributed by atoms with Crippen LogP contribution >= 0.6 is 25.1 Å². The Morgan fingerprint density at radius 1 is 0.989 bits per heavy atom. The summed E-state index contributed by atoms with van der Waals surface area (Å²) in [5.41, 5.74) is 0.890. The summed E-state index contributed by atoms with van der Waals surface area (Å²) >= 11 is 6.82. The Kier molecular flexibility index (Phi) is 26.5. The second-order valence-electron chi connectivity index (χ2n) is 24.7. The van der Waals surface area contributed by atoms with Gasteiger partial charge in [0.2, 0.25) is 23.6 Å². The van der Waals surface area contributed by atoms with Gasteiger partial charge in [-0.1, -0.05) is 75.6 Å². The molecule has 28 heteroatoms. The zero-order chi connectivity index (χ0) is 67.6. The van der Waals surface area contributed by atoms with E-state index in [0.717, 1.165) is 29.7 Å². The number of rotatable bonds is 24. The largest absolute Gasteiger partial charge is 0.495 e. The van der Waals surface area contributed by atoms with Crippen LogP contribution in [0.25, 0.3) is 0 Å². The van der Waals surface area contributed by atoms with Crippen LogP contribution in [-0.2, 0) is 71.5 Å². The number of ketones is 2. The topological polar surface area (TPSA) is 312 Å². The number of anilines is 1. The lowest BCUT2D eigenvalue weighted by Crippen LogP contribution is -2.63. The Balaban J connectivity index is 0.0000154. The molecule has 4 aliphatic rings. The number of nitrogens with two attached hydrogens (primary N) is 1. The molecule has 92 heavy (non-hydrogen) atoms. The summed E-state index contributed by atoms with van der Waals surface area (Å²) in [7, 11) is 5.29. The number of benzene rings is 2. The van der Waals surface area contributed by atoms with E-state index in [-0.39, 0.29) is 111 Å². The number of epoxide rings is 1. The highest BCUT2D eigenvalue weighted by molar-refractivity contribution is 7.59. The maximum Gasteiger partial charge on any atom is 0.417 e. The van der Waals surface area contributed by atoms with Crippen LogP contribution in [0.1, 0.15) is 140 Å². The molecule has 0 radical (unpaired) electrons. The molecule has 6 N–H and O–H groups in total. The molecule has 3 saturated heterocycles. The molecule has 0 aliphatic carbocycles. The van der Waals surface area contributed by atoms with E-state index in [1.165, 1.54) is 38.0 Å². The Morgan fingerprint density at radius 3 is 2.30 bits per heavy atom. The number of carbonyl (C=O) groups excluding carboxylic acids is 10. The van der Waals surface area contributed by atoms with E-state index < -0.39 is 137 Å². The normalized spacial score (nSPS) is 25.3. The van der Waals surface area contributed by atoms with Crippen molar-refractivity contribution in [2.75, 3.05) is 46.3 Å². The number of primary amides is 1. The standard InChI is InChI=1S/C64H85ClF3N7O16.H2S/c1-34(2)43(31-41(76)18-13-12-14-24-75-53(79)26-36(4)57(75)81)56(80)71-45(19-16-23-70-60(69)84)47(77)29-39-21-22-42(44(27-39)64(66,67)68)58(82)73(8)38(6)59(83)90-51-32-52(78)74(9)46-28-40(30-48(87-10)54(46)65)25-35(3)17-15-20-50(88-11)63(86)33-49(89-61(85)72-63)37(5)55-62(51,7)91-55;/h15,17,20-22,27-28,30,34,36-38,43,45,49-51,55,86H,12-14,16,18-19,23-26,29,31-33H2,1-11H3,(H,71,80)(H,72,85)(H3,69,70,84);1H2/b20-15+,35-17+;/t36?,37-,38+,43+,45+,49+,50-,51+,55+,62+,63+;/m1./s1. The van der Waals surface area contributed by atoms with Crippen molar-refractivity contribution in [2.45, 2.75) is 180 Å². The molecule has 4 heterocycles. The van der Waals surface area contributed by atoms with Crippen molar-refractivity contribution in [2.24, 2.45) is 29.4 Å². The fourth-order valence-corrected chi connectivity index (χ4v) is 12.1. The van der Waals surface area contributed by atoms with Gasteiger partial charge in [0.1, 0.15) is 46.5 Å². The van der Waals surface area contributed by atoms with Gasteiger partial charge in [0.05, 0.1) is 42.5 Å². The van der Waals surface area contributed by atoms with Crippen LogP contribution in [0.3, 0.4) is 0 Å². The maximum atomic E-state index is 15.2. The molecule has 3 fully saturated rings. The number of hydrogen-bond acceptors (Lipinski definition) is 16. The third-order valence-electron chi connectivity index (χ3n) is 17.5. The summed E-state index contributed by atoms with van der Waals surface area (Å²) in [6, 6.07) is 2.18. The Morgan fingerprint density at radius 2 is 1.68 bits per heavy atom. The molecular formula is C64H87ClF3N7O16S. The number of unbranched alkanes of at least 4 members (excludes halogenated alkanes) is 2. The van der Waals surface area contributed by atoms with E-state index in [9.17, 15) is 53.1 Å². The number of ether oxygens (including phenoxy) is 5. The van der Waals surface area contributed by atoms with Crippen molar-refractivity contribution in [3.63, 3.8) is 0 Å². The molecule has 11 atom stereocenters. The van der Waals surface area contributed by atoms with Crippen molar-refractivity contribution in [3.8, 4) is 5.75 Å². The molecule has 8 amide bonds. The van der Waals surface area contributed by atoms with Crippen LogP contribution in [0.2, 0.25) is 5.02 Å². The highest BCUT2D eigenvalue weighted by atomic mass is 35.5. The molecule has 4 aliphatic heterocycles. The molecule has 508 valence electrons. The van der Waals surface area contributed by atoms with Crippen LogP contribution in [0.15, 0.2) is 54.1 Å². The lowest BCUT2D eigenvalue weighted by Gasteiger charge is -2.42. The average molecular weight is 1330 g/mol. The number of Topliss-reactive ketones (excluding diaryl/α,β-unsaturated/α-hetero) is 2. The number of alkyl carbamates (subject to hydrolysis) is 1. The number of allylic oxidation sites excluding steroid dienone is 3. The number of nitrogens with zero attached hydrogens (tertiary/aromatic N) is 3. The average Bonchev–Trinajstić information content (AvgIpc) is 1.56. The smallest absolute Gasteiger partial charge is 0.417 e. The first-order valence-electron chi connectivity index (χ1n) is 30.4. The number of carbonyl (C=O) groups is 10. The number of esters is 1. The Hall–Kier alpha value is -7.07. The number of alkyl halides is 3. The Labute approximate surface area is 545 Å². The third kappa shape index (κ3) is 18.8. The molecule has 4 bridgehead atoms. The first-order chi connectivity index (χ1) is 42.6. The summed E-state index contributed by atoms with van der Waals surface area (Å²) < 4.78 is 74.8. The molecule has 0 aromatic heterocycles. The molecule has 0 spiro atoms. The van der Waals surface area contributed by atoms with Crippen molar-refractivity contribution < 1.29 is 89.9 Å². The van der Waals surface area contributed by atoms with Gasteiger partial charge in [-0.2, -0.15) is 26.7 Å². The number of hydrogen-bond donors (Lipinski definition) is 5. The number of urea groups is 1. The number of likely N-dealkylation sites (N-methyl/N-ethyl adjacent to an activating group) is 1. The minimum Gasteiger partial charge on any atom is -0.495 e. The Bertz CT molecular complexity index is 3170. The second-order valence-corrected chi connectivity index (χ2v) is 25.1. The first-order valence-corrected chi connectivity index (χ1v) is 30.8. The summed E-state index contributed by atoms with van der Waals surface area (Å²) in [6.45, 7) is 11.6. The fourth-order valence-electron chi connectivity index (χ4n) is 11.8. The highest BCUT2D eigenvalue weighted by Crippen LogP contribution is 2.49. The van der Waals surface area contributed by atoms with E-state index in [1.807, 2.05) is 6.92 Å². The second kappa shape index (κ2) is 32.2. The minimum atomic E-state index is -5.21. The molecule has 23 nitrogen and oxygen atoms in total. The van der Waals surface area contributed by atoms with Crippen molar-refractivity contribution in [1.29, 1.82) is 0 Å². The zero-order valence-electron chi connectivity index (χ0n) is 53.8. The molecule has 1 unspecified atom stereocenters. The van der Waals surface area contributed by atoms with Crippen molar-refractivity contribution >= 4 is 90.0 Å². The van der Waals surface area contributed by atoms with Crippen LogP contribution in [-0.4, -0.2) is 163 Å². The third-order valence-corrected chi connectivity index (χ3v) is 17.9. The number of nitrogens with one attached hydrogen (secondary N) is 3. The van der Waals surface area contributed by atoms with Gasteiger partial charge < -0.3 is 55.0 Å². The maximum absolute atomic E-state index is 15.2. The number of aliphatic hydroxyl groups is 1. The minimum absolute atomic E-state index is 0. The first kappa shape index (κ1) is 75.6. The summed E-state index contributed by atoms with van der Waals surface area (Å²) in [5, 5.41) is 19.5. The predicted molar refractivity (Wildman–Crippen MR) is 336 cm³/mol. The van der Waals surface area contributed by atoms with E-state index in [1.54, 1.807) is 65.0 Å². The molecule has 0 saturated carbocycles. The lowest BCUT2D eigenvalue weighted by molar-refractivity contribution is -0.158. The van der Waals surface area contributed by atoms with Crippen LogP contribution in [0, 0.1) is 23.7 Å². The summed E-state index contributed by atoms with van der Waals surface area (Å²) in [4.78, 5) is 137. The summed E-state index contributed by atoms with van der Waals surface area (Å²) in [6.07, 6.45) is -5.24. The van der Waals surface area contributed by atoms with E-state index in [4.69, 9.17) is 41.0 Å². The van der Waals surface area contributed by atoms with Gasteiger partial charge in [-0.15, -0.1) is 0 Å². The highest BCUT2D eigenvalue weighted by Gasteiger charge is 2.64. The van der Waals surface area contributed by atoms with E-state index in [2.05, 4.69) is 16.0 Å². The van der Waals surface area contributed by atoms with E-state index >= 15 is 13.2 Å². The number of likely N-dealkylation sites (tertiary alicyclic amines) is 1. The van der Waals surface area contributed by atoms with Gasteiger partial charge in [0.15, 0.2) is 11.5 Å². The molecular weight excluding hydrogens is 1250 g/mol. The summed E-state index contributed by atoms with van der Waals surface area (Å²) in [5.74, 6) is -7.36. The molecule has 2 aromatic rings. The fraction of sp³-hybridized carbons (Fsp3) is 0.594. The van der Waals surface area contributed by atoms with Crippen LogP contribution < -0.4 is 31.3 Å². The van der Waals surface area contributed by atoms with Gasteiger partial charge in [0, 0.05) is 84.2 Å². The quantitative estimate of drug-likeness (QED) is 0.0300. The van der Waals surface area contributed by atoms with Crippen LogP contribution in [0.4, 0.5) is 28.4 Å². The predicted octanol–water partition coefficient (Wildman–Crippen LogP) is 7.19. The van der Waals surface area contributed by atoms with Gasteiger partial charge >= 0.3 is 24.3 Å². The number of methoxy groups -OCH3 is 2. The number of fused-ring (bicyclic) bond motifs is 5. The number of halogens is 4.